The summed E-state index contributed by atoms with van der Waals surface area (Å²) in [5, 5.41) is 1.42. The van der Waals surface area contributed by atoms with Crippen molar-refractivity contribution in [3.63, 3.8) is 0 Å². The van der Waals surface area contributed by atoms with Crippen LogP contribution in [0.4, 0.5) is 0 Å². The van der Waals surface area contributed by atoms with Gasteiger partial charge in [0, 0.05) is 16.7 Å². The molecule has 2 nitrogen and oxygen atoms in total. The SMILES string of the molecule is Cc1ccc2c(=O)c3cccc(CCl)c3[nH]c2c1. The number of aromatic amines is 1. The van der Waals surface area contributed by atoms with Crippen LogP contribution in [0.3, 0.4) is 0 Å². The van der Waals surface area contributed by atoms with E-state index in [1.54, 1.807) is 0 Å². The van der Waals surface area contributed by atoms with Crippen LogP contribution < -0.4 is 5.43 Å². The molecular weight excluding hydrogens is 246 g/mol. The predicted molar refractivity (Wildman–Crippen MR) is 76.4 cm³/mol. The van der Waals surface area contributed by atoms with E-state index in [1.165, 1.54) is 0 Å². The van der Waals surface area contributed by atoms with Crippen molar-refractivity contribution in [3.05, 3.63) is 57.7 Å². The second-order valence-electron chi connectivity index (χ2n) is 4.48. The van der Waals surface area contributed by atoms with Gasteiger partial charge in [0.15, 0.2) is 5.43 Å². The summed E-state index contributed by atoms with van der Waals surface area (Å²) in [5.74, 6) is 0.393. The summed E-state index contributed by atoms with van der Waals surface area (Å²) < 4.78 is 0. The number of alkyl halides is 1. The van der Waals surface area contributed by atoms with Crippen molar-refractivity contribution in [3.8, 4) is 0 Å². The molecule has 0 radical (unpaired) electrons. The first kappa shape index (κ1) is 11.3. The Morgan fingerprint density at radius 1 is 1.17 bits per heavy atom. The van der Waals surface area contributed by atoms with Crippen LogP contribution in [0.1, 0.15) is 11.1 Å². The molecule has 0 saturated carbocycles. The minimum atomic E-state index is 0.0608. The number of fused-ring (bicyclic) bond motifs is 2. The minimum absolute atomic E-state index is 0.0608. The lowest BCUT2D eigenvalue weighted by Crippen LogP contribution is -2.05. The zero-order valence-corrected chi connectivity index (χ0v) is 10.7. The first-order chi connectivity index (χ1) is 8.70. The summed E-state index contributed by atoms with van der Waals surface area (Å²) in [6.45, 7) is 2.01. The molecule has 0 amide bonds. The Labute approximate surface area is 109 Å². The molecule has 0 bridgehead atoms. The Morgan fingerprint density at radius 3 is 2.78 bits per heavy atom. The lowest BCUT2D eigenvalue weighted by Gasteiger charge is -2.06. The molecule has 3 rings (SSSR count). The average Bonchev–Trinajstić information content (AvgIpc) is 2.38. The molecule has 0 aliphatic rings. The maximum absolute atomic E-state index is 12.4. The molecule has 0 saturated heterocycles. The lowest BCUT2D eigenvalue weighted by atomic mass is 10.1. The van der Waals surface area contributed by atoms with E-state index < -0.39 is 0 Å². The van der Waals surface area contributed by atoms with Gasteiger partial charge in [0.25, 0.3) is 0 Å². The van der Waals surface area contributed by atoms with Crippen LogP contribution in [-0.2, 0) is 5.88 Å². The fourth-order valence-electron chi connectivity index (χ4n) is 2.29. The predicted octanol–water partition coefficient (Wildman–Crippen LogP) is 3.73. The Hall–Kier alpha value is -1.80. The molecule has 0 aliphatic heterocycles. The van der Waals surface area contributed by atoms with Gasteiger partial charge in [0.2, 0.25) is 0 Å². The highest BCUT2D eigenvalue weighted by Crippen LogP contribution is 2.20. The molecule has 3 heteroatoms. The van der Waals surface area contributed by atoms with Gasteiger partial charge in [-0.05, 0) is 36.2 Å². The zero-order chi connectivity index (χ0) is 12.7. The molecule has 0 unspecified atom stereocenters. The van der Waals surface area contributed by atoms with Crippen LogP contribution in [0, 0.1) is 6.92 Å². The van der Waals surface area contributed by atoms with Crippen molar-refractivity contribution < 1.29 is 0 Å². The third-order valence-corrected chi connectivity index (χ3v) is 3.51. The number of nitrogens with one attached hydrogen (secondary N) is 1. The number of halogens is 1. The molecule has 0 aliphatic carbocycles. The highest BCUT2D eigenvalue weighted by molar-refractivity contribution is 6.18. The standard InChI is InChI=1S/C15H12ClNO/c1-9-5-6-11-13(7-9)17-14-10(8-16)3-2-4-12(14)15(11)18/h2-7H,8H2,1H3,(H,17,18). The number of rotatable bonds is 1. The van der Waals surface area contributed by atoms with Crippen LogP contribution >= 0.6 is 11.6 Å². The van der Waals surface area contributed by atoms with E-state index in [9.17, 15) is 4.79 Å². The zero-order valence-electron chi connectivity index (χ0n) is 9.96. The van der Waals surface area contributed by atoms with E-state index in [-0.39, 0.29) is 5.43 Å². The maximum Gasteiger partial charge on any atom is 0.197 e. The van der Waals surface area contributed by atoms with Gasteiger partial charge in [-0.3, -0.25) is 4.79 Å². The number of hydrogen-bond donors (Lipinski definition) is 1. The quantitative estimate of drug-likeness (QED) is 0.523. The van der Waals surface area contributed by atoms with E-state index in [4.69, 9.17) is 11.6 Å². The van der Waals surface area contributed by atoms with Crippen molar-refractivity contribution in [2.24, 2.45) is 0 Å². The molecule has 3 aromatic rings. The Balaban J connectivity index is 2.56. The third kappa shape index (κ3) is 1.61. The summed E-state index contributed by atoms with van der Waals surface area (Å²) >= 11 is 5.92. The van der Waals surface area contributed by atoms with Crippen LogP contribution in [0.2, 0.25) is 0 Å². The first-order valence-corrected chi connectivity index (χ1v) is 6.34. The fraction of sp³-hybridized carbons (Fsp3) is 0.133. The molecule has 0 fully saturated rings. The van der Waals surface area contributed by atoms with Crippen LogP contribution in [0.15, 0.2) is 41.2 Å². The topological polar surface area (TPSA) is 32.9 Å². The summed E-state index contributed by atoms with van der Waals surface area (Å²) in [6.07, 6.45) is 0. The van der Waals surface area contributed by atoms with E-state index in [2.05, 4.69) is 4.98 Å². The second kappa shape index (κ2) is 4.14. The van der Waals surface area contributed by atoms with Crippen molar-refractivity contribution in [2.45, 2.75) is 12.8 Å². The van der Waals surface area contributed by atoms with Crippen molar-refractivity contribution >= 4 is 33.4 Å². The molecule has 0 spiro atoms. The largest absolute Gasteiger partial charge is 0.354 e. The van der Waals surface area contributed by atoms with Crippen molar-refractivity contribution in [1.82, 2.24) is 4.98 Å². The van der Waals surface area contributed by atoms with Crippen LogP contribution in [0.25, 0.3) is 21.8 Å². The third-order valence-electron chi connectivity index (χ3n) is 3.22. The number of aromatic nitrogens is 1. The van der Waals surface area contributed by atoms with Gasteiger partial charge in [0.05, 0.1) is 11.0 Å². The fourth-order valence-corrected chi connectivity index (χ4v) is 2.51. The Kier molecular flexibility index (Phi) is 2.60. The van der Waals surface area contributed by atoms with Crippen LogP contribution in [0.5, 0.6) is 0 Å². The van der Waals surface area contributed by atoms with Gasteiger partial charge in [-0.15, -0.1) is 11.6 Å². The maximum atomic E-state index is 12.4. The van der Waals surface area contributed by atoms with Crippen molar-refractivity contribution in [2.75, 3.05) is 0 Å². The normalized spacial score (nSPS) is 11.2. The van der Waals surface area contributed by atoms with E-state index in [0.29, 0.717) is 11.3 Å². The van der Waals surface area contributed by atoms with Gasteiger partial charge in [0.1, 0.15) is 0 Å². The number of benzene rings is 2. The van der Waals surface area contributed by atoms with Gasteiger partial charge in [-0.1, -0.05) is 18.2 Å². The Bertz CT molecular complexity index is 805. The molecule has 18 heavy (non-hydrogen) atoms. The number of para-hydroxylation sites is 1. The van der Waals surface area contributed by atoms with E-state index >= 15 is 0 Å². The first-order valence-electron chi connectivity index (χ1n) is 5.81. The summed E-state index contributed by atoms with van der Waals surface area (Å²) in [4.78, 5) is 15.7. The van der Waals surface area contributed by atoms with Crippen LogP contribution in [-0.4, -0.2) is 4.98 Å². The molecular formula is C15H12ClNO. The average molecular weight is 258 g/mol. The van der Waals surface area contributed by atoms with Gasteiger partial charge in [-0.25, -0.2) is 0 Å². The number of hydrogen-bond acceptors (Lipinski definition) is 1. The molecule has 2 aromatic carbocycles. The number of pyridine rings is 1. The van der Waals surface area contributed by atoms with E-state index in [1.807, 2.05) is 43.3 Å². The summed E-state index contributed by atoms with van der Waals surface area (Å²) in [5.41, 5.74) is 3.85. The Morgan fingerprint density at radius 2 is 2.00 bits per heavy atom. The lowest BCUT2D eigenvalue weighted by molar-refractivity contribution is 1.37. The summed E-state index contributed by atoms with van der Waals surface area (Å²) in [6, 6.07) is 11.5. The van der Waals surface area contributed by atoms with Gasteiger partial charge < -0.3 is 4.98 Å². The smallest absolute Gasteiger partial charge is 0.197 e. The highest BCUT2D eigenvalue weighted by atomic mass is 35.5. The highest BCUT2D eigenvalue weighted by Gasteiger charge is 2.07. The van der Waals surface area contributed by atoms with Gasteiger partial charge in [-0.2, -0.15) is 0 Å². The molecule has 1 N–H and O–H groups in total. The second-order valence-corrected chi connectivity index (χ2v) is 4.74. The molecule has 1 heterocycles. The number of H-pyrrole nitrogens is 1. The molecule has 0 atom stereocenters. The minimum Gasteiger partial charge on any atom is -0.354 e. The summed E-state index contributed by atoms with van der Waals surface area (Å²) in [7, 11) is 0. The van der Waals surface area contributed by atoms with Gasteiger partial charge >= 0.3 is 0 Å². The van der Waals surface area contributed by atoms with Crippen molar-refractivity contribution in [1.29, 1.82) is 0 Å². The van der Waals surface area contributed by atoms with E-state index in [0.717, 1.165) is 27.5 Å². The monoisotopic (exact) mass is 257 g/mol. The molecule has 90 valence electrons. The number of aryl methyl sites for hydroxylation is 1. The molecule has 1 aromatic heterocycles.